The van der Waals surface area contributed by atoms with Crippen LogP contribution in [0.5, 0.6) is 5.75 Å². The second-order valence-electron chi connectivity index (χ2n) is 11.4. The van der Waals surface area contributed by atoms with Gasteiger partial charge in [0.2, 0.25) is 0 Å². The summed E-state index contributed by atoms with van der Waals surface area (Å²) in [5, 5.41) is 10.2. The van der Waals surface area contributed by atoms with E-state index < -0.39 is 28.1 Å². The molecule has 7 nitrogen and oxygen atoms in total. The quantitative estimate of drug-likeness (QED) is 0.142. The van der Waals surface area contributed by atoms with Gasteiger partial charge in [-0.15, -0.1) is 4.72 Å². The summed E-state index contributed by atoms with van der Waals surface area (Å²) in [6.45, 7) is 6.42. The van der Waals surface area contributed by atoms with Crippen LogP contribution in [0.2, 0.25) is 0 Å². The van der Waals surface area contributed by atoms with Crippen molar-refractivity contribution in [1.29, 1.82) is 0 Å². The van der Waals surface area contributed by atoms with Crippen LogP contribution in [0.15, 0.2) is 101 Å². The Balaban J connectivity index is 1.59. The molecule has 1 aromatic heterocycles. The highest BCUT2D eigenvalue weighted by Crippen LogP contribution is 2.37. The summed E-state index contributed by atoms with van der Waals surface area (Å²) in [6, 6.07) is 30.6. The van der Waals surface area contributed by atoms with Crippen LogP contribution in [-0.4, -0.2) is 20.4 Å². The zero-order valence-electron chi connectivity index (χ0n) is 24.5. The summed E-state index contributed by atoms with van der Waals surface area (Å²) in [5.74, 6) is 0.252. The van der Waals surface area contributed by atoms with E-state index in [4.69, 9.17) is 14.9 Å². The standard InChI is InChI=1S/C35H36N2O5S/c1-35(2,3)43(40)37-33(25-11-5-4-6-12-25)31-19-28-17-24(22-41-30-15-8-7-13-27(30)20-32(38)39)18-29(34(28)42-31)26-14-9-10-23(16-26)21-36/h4-19,33,37H,20-22,36H2,1-3H3,(H,38,39)/t33-,43?/m1/s1. The van der Waals surface area contributed by atoms with Crippen molar-refractivity contribution in [3.63, 3.8) is 0 Å². The first-order valence-electron chi connectivity index (χ1n) is 14.1. The number of rotatable bonds is 11. The van der Waals surface area contributed by atoms with E-state index in [1.807, 2.05) is 99.6 Å². The van der Waals surface area contributed by atoms with Gasteiger partial charge in [0.25, 0.3) is 0 Å². The van der Waals surface area contributed by atoms with Gasteiger partial charge in [0, 0.05) is 34.4 Å². The number of para-hydroxylation sites is 1. The fourth-order valence-electron chi connectivity index (χ4n) is 4.88. The number of nitrogens with one attached hydrogen (secondary N) is 1. The summed E-state index contributed by atoms with van der Waals surface area (Å²) in [7, 11) is 0. The summed E-state index contributed by atoms with van der Waals surface area (Å²) in [4.78, 5) is 11.4. The molecule has 0 saturated carbocycles. The van der Waals surface area contributed by atoms with Crippen molar-refractivity contribution in [3.8, 4) is 16.9 Å². The van der Waals surface area contributed by atoms with E-state index in [0.717, 1.165) is 33.2 Å². The van der Waals surface area contributed by atoms with Gasteiger partial charge in [-0.3, -0.25) is 4.79 Å². The molecule has 1 heterocycles. The van der Waals surface area contributed by atoms with Gasteiger partial charge < -0.3 is 24.5 Å². The highest BCUT2D eigenvalue weighted by molar-refractivity contribution is 7.90. The van der Waals surface area contributed by atoms with Crippen LogP contribution in [0.3, 0.4) is 0 Å². The second kappa shape index (κ2) is 13.1. The molecule has 0 spiro atoms. The number of hydrogen-bond donors (Lipinski definition) is 3. The molecule has 4 N–H and O–H groups in total. The zero-order chi connectivity index (χ0) is 30.6. The van der Waals surface area contributed by atoms with E-state index in [1.165, 1.54) is 0 Å². The number of furan rings is 1. The van der Waals surface area contributed by atoms with Gasteiger partial charge in [-0.1, -0.05) is 66.7 Å². The number of benzene rings is 4. The molecular weight excluding hydrogens is 560 g/mol. The van der Waals surface area contributed by atoms with E-state index in [0.29, 0.717) is 29.2 Å². The number of ether oxygens (including phenoxy) is 1. The van der Waals surface area contributed by atoms with E-state index in [-0.39, 0.29) is 13.0 Å². The van der Waals surface area contributed by atoms with Crippen molar-refractivity contribution in [1.82, 2.24) is 4.72 Å². The third-order valence-corrected chi connectivity index (χ3v) is 8.64. The van der Waals surface area contributed by atoms with Crippen LogP contribution in [0.4, 0.5) is 0 Å². The molecule has 5 rings (SSSR count). The van der Waals surface area contributed by atoms with Gasteiger partial charge in [-0.2, -0.15) is 0 Å². The first-order chi connectivity index (χ1) is 20.6. The minimum atomic E-state index is -1.36. The van der Waals surface area contributed by atoms with Crippen molar-refractivity contribution in [3.05, 3.63) is 125 Å². The molecule has 4 aromatic carbocycles. The van der Waals surface area contributed by atoms with Crippen LogP contribution in [-0.2, 0) is 35.7 Å². The molecule has 1 unspecified atom stereocenters. The number of aliphatic carboxylic acids is 1. The predicted molar refractivity (Wildman–Crippen MR) is 171 cm³/mol. The fraction of sp³-hybridized carbons (Fsp3) is 0.229. The predicted octanol–water partition coefficient (Wildman–Crippen LogP) is 6.91. The summed E-state index contributed by atoms with van der Waals surface area (Å²) in [6.07, 6.45) is -0.124. The first kappa shape index (κ1) is 30.4. The van der Waals surface area contributed by atoms with E-state index in [2.05, 4.69) is 4.72 Å². The molecular formula is C35H36N2O5S. The lowest BCUT2D eigenvalue weighted by Gasteiger charge is -2.27. The molecule has 0 aliphatic heterocycles. The van der Waals surface area contributed by atoms with Crippen LogP contribution in [0.25, 0.3) is 22.1 Å². The maximum absolute atomic E-state index is 13.3. The Morgan fingerprint density at radius 1 is 0.977 bits per heavy atom. The SMILES string of the molecule is CC(C)(C)[S+]([O-])N[C@H](c1ccccc1)c1cc2cc(COc3ccccc3CC(=O)O)cc(-c3cccc(CN)c3)c2o1. The summed E-state index contributed by atoms with van der Waals surface area (Å²) >= 11 is -1.36. The molecule has 0 saturated heterocycles. The molecule has 5 aromatic rings. The zero-order valence-corrected chi connectivity index (χ0v) is 25.3. The monoisotopic (exact) mass is 596 g/mol. The van der Waals surface area contributed by atoms with E-state index in [1.54, 1.807) is 18.2 Å². The first-order valence-corrected chi connectivity index (χ1v) is 15.3. The van der Waals surface area contributed by atoms with Gasteiger partial charge in [-0.25, -0.2) is 0 Å². The van der Waals surface area contributed by atoms with Crippen LogP contribution >= 0.6 is 0 Å². The summed E-state index contributed by atoms with van der Waals surface area (Å²) in [5.41, 5.74) is 11.9. The lowest BCUT2D eigenvalue weighted by Crippen LogP contribution is -2.41. The van der Waals surface area contributed by atoms with Crippen molar-refractivity contribution in [2.75, 3.05) is 0 Å². The average molecular weight is 597 g/mol. The molecule has 0 amide bonds. The Morgan fingerprint density at radius 3 is 2.44 bits per heavy atom. The Hall–Kier alpha value is -4.08. The average Bonchev–Trinajstić information content (AvgIpc) is 3.42. The number of carbonyl (C=O) groups is 1. The molecule has 2 atom stereocenters. The van der Waals surface area contributed by atoms with Crippen molar-refractivity contribution in [2.24, 2.45) is 5.73 Å². The third-order valence-electron chi connectivity index (χ3n) is 7.08. The smallest absolute Gasteiger partial charge is 0.307 e. The largest absolute Gasteiger partial charge is 0.598 e. The minimum absolute atomic E-state index is 0.124. The molecule has 8 heteroatoms. The Labute approximate surface area is 255 Å². The number of fused-ring (bicyclic) bond motifs is 1. The van der Waals surface area contributed by atoms with Crippen molar-refractivity contribution >= 4 is 28.3 Å². The minimum Gasteiger partial charge on any atom is -0.598 e. The molecule has 0 fully saturated rings. The number of carboxylic acids is 1. The van der Waals surface area contributed by atoms with Gasteiger partial charge in [0.05, 0.1) is 6.42 Å². The molecule has 222 valence electrons. The molecule has 43 heavy (non-hydrogen) atoms. The van der Waals surface area contributed by atoms with E-state index in [9.17, 15) is 14.5 Å². The van der Waals surface area contributed by atoms with Gasteiger partial charge in [0.1, 0.15) is 34.5 Å². The van der Waals surface area contributed by atoms with Gasteiger partial charge in [0.15, 0.2) is 0 Å². The number of carboxylic acid groups (broad SMARTS) is 1. The van der Waals surface area contributed by atoms with Crippen LogP contribution in [0.1, 0.15) is 54.8 Å². The third kappa shape index (κ3) is 7.29. The second-order valence-corrected chi connectivity index (χ2v) is 13.4. The Bertz CT molecular complexity index is 1710. The highest BCUT2D eigenvalue weighted by Gasteiger charge is 2.32. The topological polar surface area (TPSA) is 121 Å². The number of nitrogens with two attached hydrogens (primary N) is 1. The maximum atomic E-state index is 13.3. The maximum Gasteiger partial charge on any atom is 0.307 e. The van der Waals surface area contributed by atoms with Crippen LogP contribution in [0, 0.1) is 0 Å². The van der Waals surface area contributed by atoms with Gasteiger partial charge in [-0.05, 0) is 73.4 Å². The normalized spacial score (nSPS) is 13.1. The Morgan fingerprint density at radius 2 is 1.72 bits per heavy atom. The van der Waals surface area contributed by atoms with Gasteiger partial charge >= 0.3 is 5.97 Å². The van der Waals surface area contributed by atoms with E-state index >= 15 is 0 Å². The van der Waals surface area contributed by atoms with Crippen molar-refractivity contribution < 1.29 is 23.6 Å². The molecule has 0 aliphatic rings. The molecule has 0 aliphatic carbocycles. The molecule has 0 bridgehead atoms. The fourth-order valence-corrected chi connectivity index (χ4v) is 5.70. The van der Waals surface area contributed by atoms with Crippen molar-refractivity contribution in [2.45, 2.75) is 51.1 Å². The van der Waals surface area contributed by atoms with Crippen LogP contribution < -0.4 is 15.2 Å². The lowest BCUT2D eigenvalue weighted by molar-refractivity contribution is -0.136. The summed E-state index contributed by atoms with van der Waals surface area (Å²) < 4.78 is 28.8. The highest BCUT2D eigenvalue weighted by atomic mass is 32.2. The Kier molecular flexibility index (Phi) is 9.22. The molecule has 0 radical (unpaired) electrons. The lowest BCUT2D eigenvalue weighted by atomic mass is 9.98. The number of hydrogen-bond acceptors (Lipinski definition) is 6.